The smallest absolute Gasteiger partial charge is 0.321 e. The first-order valence-electron chi connectivity index (χ1n) is 10.6. The Balaban J connectivity index is 1.75. The van der Waals surface area contributed by atoms with Crippen molar-refractivity contribution in [1.29, 1.82) is 0 Å². The van der Waals surface area contributed by atoms with Gasteiger partial charge in [-0.3, -0.25) is 14.7 Å². The van der Waals surface area contributed by atoms with Gasteiger partial charge in [-0.05, 0) is 58.6 Å². The number of anilines is 1. The van der Waals surface area contributed by atoms with E-state index in [4.69, 9.17) is 4.42 Å². The fraction of sp³-hybridized carbons (Fsp3) is 0.619. The van der Waals surface area contributed by atoms with Crippen LogP contribution in [0.25, 0.3) is 0 Å². The zero-order valence-electron chi connectivity index (χ0n) is 18.8. The Morgan fingerprint density at radius 2 is 2.13 bits per heavy atom. The molecule has 0 saturated carbocycles. The van der Waals surface area contributed by atoms with Gasteiger partial charge in [0.1, 0.15) is 5.76 Å². The number of carbonyl (C=O) groups excluding carboxylic acids is 2. The molecule has 1 saturated heterocycles. The first-order chi connectivity index (χ1) is 14.6. The maximum Gasteiger partial charge on any atom is 0.321 e. The second kappa shape index (κ2) is 9.76. The van der Waals surface area contributed by atoms with Crippen LogP contribution in [0, 0.1) is 5.92 Å². The van der Waals surface area contributed by atoms with Gasteiger partial charge in [-0.2, -0.15) is 0 Å². The highest BCUT2D eigenvalue weighted by atomic mass is 32.2. The van der Waals surface area contributed by atoms with Crippen LogP contribution in [0.3, 0.4) is 0 Å². The quantitative estimate of drug-likeness (QED) is 0.654. The van der Waals surface area contributed by atoms with Crippen LogP contribution in [-0.2, 0) is 11.3 Å². The number of imide groups is 1. The number of thioether (sulfide) groups is 1. The summed E-state index contributed by atoms with van der Waals surface area (Å²) in [4.78, 5) is 26.8. The van der Waals surface area contributed by atoms with Crippen molar-refractivity contribution in [2.24, 2.45) is 5.92 Å². The van der Waals surface area contributed by atoms with E-state index in [1.165, 1.54) is 18.2 Å². The Labute approximate surface area is 187 Å². The zero-order chi connectivity index (χ0) is 22.6. The summed E-state index contributed by atoms with van der Waals surface area (Å²) in [5, 5.41) is 14.0. The number of hydrogen-bond donors (Lipinski definition) is 2. The predicted octanol–water partition coefficient (Wildman–Crippen LogP) is 3.26. The molecule has 0 unspecified atom stereocenters. The molecular weight excluding hydrogens is 416 g/mol. The molecule has 2 atom stereocenters. The van der Waals surface area contributed by atoms with Gasteiger partial charge in [0.05, 0.1) is 18.1 Å². The summed E-state index contributed by atoms with van der Waals surface area (Å²) < 4.78 is 7.53. The van der Waals surface area contributed by atoms with Crippen molar-refractivity contribution in [3.63, 3.8) is 0 Å². The number of hydrogen-bond acceptors (Lipinski definition) is 7. The van der Waals surface area contributed by atoms with E-state index >= 15 is 0 Å². The van der Waals surface area contributed by atoms with E-state index in [2.05, 4.69) is 32.7 Å². The molecule has 2 aromatic heterocycles. The van der Waals surface area contributed by atoms with Crippen molar-refractivity contribution in [2.45, 2.75) is 70.0 Å². The number of aromatic nitrogens is 3. The highest BCUT2D eigenvalue weighted by molar-refractivity contribution is 8.00. The van der Waals surface area contributed by atoms with Crippen LogP contribution in [0.15, 0.2) is 28.0 Å². The minimum absolute atomic E-state index is 0.382. The highest BCUT2D eigenvalue weighted by Crippen LogP contribution is 2.29. The average molecular weight is 449 g/mol. The maximum atomic E-state index is 12.5. The molecule has 0 spiro atoms. The van der Waals surface area contributed by atoms with Crippen LogP contribution < -0.4 is 15.5 Å². The van der Waals surface area contributed by atoms with Crippen LogP contribution >= 0.6 is 11.8 Å². The molecule has 0 aliphatic carbocycles. The number of piperidine rings is 1. The summed E-state index contributed by atoms with van der Waals surface area (Å²) in [5.74, 6) is 1.77. The lowest BCUT2D eigenvalue weighted by atomic mass is 10.0. The molecule has 0 radical (unpaired) electrons. The normalized spacial score (nSPS) is 18.0. The summed E-state index contributed by atoms with van der Waals surface area (Å²) in [6.07, 6.45) is 3.95. The van der Waals surface area contributed by atoms with E-state index in [0.29, 0.717) is 17.6 Å². The van der Waals surface area contributed by atoms with Gasteiger partial charge in [-0.25, -0.2) is 4.79 Å². The molecule has 3 rings (SSSR count). The second-order valence-electron chi connectivity index (χ2n) is 9.09. The van der Waals surface area contributed by atoms with E-state index in [9.17, 15) is 9.59 Å². The van der Waals surface area contributed by atoms with E-state index in [0.717, 1.165) is 31.2 Å². The third kappa shape index (κ3) is 6.49. The van der Waals surface area contributed by atoms with Crippen molar-refractivity contribution in [3.05, 3.63) is 24.2 Å². The van der Waals surface area contributed by atoms with Gasteiger partial charge >= 0.3 is 6.03 Å². The summed E-state index contributed by atoms with van der Waals surface area (Å²) >= 11 is 1.27. The Hall–Kier alpha value is -2.49. The van der Waals surface area contributed by atoms with Crippen LogP contribution in [0.2, 0.25) is 0 Å². The topological polar surface area (TPSA) is 105 Å². The Kier molecular flexibility index (Phi) is 7.30. The van der Waals surface area contributed by atoms with Gasteiger partial charge in [-0.15, -0.1) is 10.2 Å². The molecular formula is C21H32N6O3S. The van der Waals surface area contributed by atoms with Crippen LogP contribution in [0.1, 0.15) is 53.2 Å². The lowest BCUT2D eigenvalue weighted by Crippen LogP contribution is -2.49. The third-order valence-corrected chi connectivity index (χ3v) is 5.99. The number of furan rings is 1. The Morgan fingerprint density at radius 1 is 1.35 bits per heavy atom. The molecule has 9 nitrogen and oxygen atoms in total. The lowest BCUT2D eigenvalue weighted by Gasteiger charge is -2.31. The first kappa shape index (κ1) is 23.2. The molecule has 3 amide bonds. The second-order valence-corrected chi connectivity index (χ2v) is 10.4. The van der Waals surface area contributed by atoms with Gasteiger partial charge < -0.3 is 14.6 Å². The van der Waals surface area contributed by atoms with E-state index in [1.54, 1.807) is 13.2 Å². The molecule has 2 aromatic rings. The van der Waals surface area contributed by atoms with E-state index in [-0.39, 0.29) is 5.91 Å². The van der Waals surface area contributed by atoms with Gasteiger partial charge in [0.15, 0.2) is 5.16 Å². The Bertz CT molecular complexity index is 890. The molecule has 1 fully saturated rings. The molecule has 31 heavy (non-hydrogen) atoms. The number of urea groups is 1. The van der Waals surface area contributed by atoms with Crippen LogP contribution in [0.5, 0.6) is 0 Å². The first-order valence-corrected chi connectivity index (χ1v) is 11.5. The maximum absolute atomic E-state index is 12.5. The Morgan fingerprint density at radius 3 is 2.77 bits per heavy atom. The van der Waals surface area contributed by atoms with Crippen molar-refractivity contribution in [1.82, 2.24) is 25.4 Å². The standard InChI is InChI=1S/C21H32N6O3S/c1-14-8-6-10-26(12-14)19-24-25-20(27(19)13-16-9-7-11-30-16)31-15(2)17(28)22-18(29)23-21(3,4)5/h7,9,11,14-15H,6,8,10,12-13H2,1-5H3,(H2,22,23,28,29)/t14-,15-/m1/s1. The molecule has 2 N–H and O–H groups in total. The van der Waals surface area contributed by atoms with E-state index < -0.39 is 16.8 Å². The van der Waals surface area contributed by atoms with Crippen molar-refractivity contribution in [2.75, 3.05) is 18.0 Å². The number of nitrogens with one attached hydrogen (secondary N) is 2. The minimum atomic E-state index is -0.529. The molecule has 1 aliphatic rings. The molecule has 3 heterocycles. The molecule has 0 bridgehead atoms. The SMILES string of the molecule is C[C@@H]1CCCN(c2nnc(S[C@H](C)C(=O)NC(=O)NC(C)(C)C)n2Cc2ccco2)C1. The summed E-state index contributed by atoms with van der Waals surface area (Å²) in [6.45, 7) is 11.9. The largest absolute Gasteiger partial charge is 0.467 e. The van der Waals surface area contributed by atoms with Crippen molar-refractivity contribution < 1.29 is 14.0 Å². The fourth-order valence-corrected chi connectivity index (χ4v) is 4.31. The molecule has 1 aliphatic heterocycles. The minimum Gasteiger partial charge on any atom is -0.467 e. The number of carbonyl (C=O) groups is 2. The molecule has 170 valence electrons. The van der Waals surface area contributed by atoms with Crippen molar-refractivity contribution >= 4 is 29.6 Å². The van der Waals surface area contributed by atoms with Gasteiger partial charge in [0.25, 0.3) is 0 Å². The average Bonchev–Trinajstić information content (AvgIpc) is 3.31. The predicted molar refractivity (Wildman–Crippen MR) is 120 cm³/mol. The number of nitrogens with zero attached hydrogens (tertiary/aromatic N) is 4. The molecule has 0 aromatic carbocycles. The summed E-state index contributed by atoms with van der Waals surface area (Å²) in [7, 11) is 0. The highest BCUT2D eigenvalue weighted by Gasteiger charge is 2.27. The fourth-order valence-electron chi connectivity index (χ4n) is 3.47. The van der Waals surface area contributed by atoms with Crippen LogP contribution in [0.4, 0.5) is 10.7 Å². The summed E-state index contributed by atoms with van der Waals surface area (Å²) in [5.41, 5.74) is -0.426. The number of rotatable bonds is 6. The van der Waals surface area contributed by atoms with Crippen molar-refractivity contribution in [3.8, 4) is 0 Å². The number of amides is 3. The monoisotopic (exact) mass is 448 g/mol. The van der Waals surface area contributed by atoms with E-state index in [1.807, 2.05) is 37.5 Å². The zero-order valence-corrected chi connectivity index (χ0v) is 19.7. The van der Waals surface area contributed by atoms with Gasteiger partial charge in [-0.1, -0.05) is 18.7 Å². The van der Waals surface area contributed by atoms with Crippen LogP contribution in [-0.4, -0.2) is 50.6 Å². The third-order valence-electron chi connectivity index (χ3n) is 4.91. The summed E-state index contributed by atoms with van der Waals surface area (Å²) in [6, 6.07) is 3.24. The lowest BCUT2D eigenvalue weighted by molar-refractivity contribution is -0.119. The van der Waals surface area contributed by atoms with Gasteiger partial charge in [0, 0.05) is 18.6 Å². The molecule has 10 heteroatoms. The van der Waals surface area contributed by atoms with Gasteiger partial charge in [0.2, 0.25) is 11.9 Å².